The fourth-order valence-electron chi connectivity index (χ4n) is 1.77. The minimum atomic E-state index is -0.456. The van der Waals surface area contributed by atoms with Crippen molar-refractivity contribution in [3.63, 3.8) is 0 Å². The molecular weight excluding hydrogens is 254 g/mol. The lowest BCUT2D eigenvalue weighted by molar-refractivity contribution is -0.121. The van der Waals surface area contributed by atoms with Gasteiger partial charge in [0.05, 0.1) is 6.04 Å². The van der Waals surface area contributed by atoms with Crippen molar-refractivity contribution < 1.29 is 9.59 Å². The lowest BCUT2D eigenvalue weighted by atomic mass is 10.0. The zero-order chi connectivity index (χ0) is 15.0. The lowest BCUT2D eigenvalue weighted by Crippen LogP contribution is -2.48. The number of urea groups is 1. The van der Waals surface area contributed by atoms with Crippen LogP contribution in [0.2, 0.25) is 0 Å². The molecule has 0 aliphatic rings. The second-order valence-electron chi connectivity index (χ2n) is 4.79. The van der Waals surface area contributed by atoms with Crippen LogP contribution in [0.4, 0.5) is 4.79 Å². The van der Waals surface area contributed by atoms with Crippen molar-refractivity contribution in [1.29, 1.82) is 0 Å². The fourth-order valence-corrected chi connectivity index (χ4v) is 1.77. The molecule has 0 fully saturated rings. The zero-order valence-corrected chi connectivity index (χ0v) is 12.3. The SMILES string of the molecule is CCNC(=O)NC(=O)C(C)NCC(C)c1ccccc1. The number of nitrogens with one attached hydrogen (secondary N) is 3. The molecular formula is C15H23N3O2. The highest BCUT2D eigenvalue weighted by Gasteiger charge is 2.16. The first-order valence-corrected chi connectivity index (χ1v) is 6.91. The third-order valence-electron chi connectivity index (χ3n) is 3.07. The van der Waals surface area contributed by atoms with Gasteiger partial charge in [0.25, 0.3) is 0 Å². The number of hydrogen-bond acceptors (Lipinski definition) is 3. The first-order valence-electron chi connectivity index (χ1n) is 6.91. The number of imide groups is 1. The van der Waals surface area contributed by atoms with Gasteiger partial charge in [-0.15, -0.1) is 0 Å². The van der Waals surface area contributed by atoms with E-state index in [0.717, 1.165) is 0 Å². The Kier molecular flexibility index (Phi) is 6.73. The molecule has 1 aromatic rings. The highest BCUT2D eigenvalue weighted by Crippen LogP contribution is 2.13. The molecule has 0 spiro atoms. The van der Waals surface area contributed by atoms with Gasteiger partial charge in [0, 0.05) is 13.1 Å². The zero-order valence-electron chi connectivity index (χ0n) is 12.3. The van der Waals surface area contributed by atoms with Crippen LogP contribution in [0.3, 0.4) is 0 Å². The van der Waals surface area contributed by atoms with Gasteiger partial charge in [-0.3, -0.25) is 10.1 Å². The molecule has 0 aromatic heterocycles. The number of amides is 3. The molecule has 0 saturated carbocycles. The van der Waals surface area contributed by atoms with Crippen LogP contribution >= 0.6 is 0 Å². The van der Waals surface area contributed by atoms with Gasteiger partial charge in [-0.1, -0.05) is 37.3 Å². The van der Waals surface area contributed by atoms with Crippen LogP contribution in [-0.4, -0.2) is 31.1 Å². The van der Waals surface area contributed by atoms with E-state index in [2.05, 4.69) is 35.0 Å². The molecule has 5 heteroatoms. The van der Waals surface area contributed by atoms with E-state index in [4.69, 9.17) is 0 Å². The van der Waals surface area contributed by atoms with Crippen molar-refractivity contribution in [3.8, 4) is 0 Å². The van der Waals surface area contributed by atoms with Crippen LogP contribution in [-0.2, 0) is 4.79 Å². The number of benzene rings is 1. The van der Waals surface area contributed by atoms with Crippen molar-refractivity contribution in [2.75, 3.05) is 13.1 Å². The average Bonchev–Trinajstić information content (AvgIpc) is 2.45. The molecule has 0 aliphatic heterocycles. The largest absolute Gasteiger partial charge is 0.338 e. The lowest BCUT2D eigenvalue weighted by Gasteiger charge is -2.17. The summed E-state index contributed by atoms with van der Waals surface area (Å²) in [6.07, 6.45) is 0. The van der Waals surface area contributed by atoms with Gasteiger partial charge in [0.1, 0.15) is 0 Å². The number of hydrogen-bond donors (Lipinski definition) is 3. The molecule has 5 nitrogen and oxygen atoms in total. The smallest absolute Gasteiger partial charge is 0.321 e. The normalized spacial score (nSPS) is 13.3. The average molecular weight is 277 g/mol. The Morgan fingerprint density at radius 2 is 1.80 bits per heavy atom. The molecule has 2 unspecified atom stereocenters. The molecule has 1 aromatic carbocycles. The maximum Gasteiger partial charge on any atom is 0.321 e. The van der Waals surface area contributed by atoms with Crippen molar-refractivity contribution in [3.05, 3.63) is 35.9 Å². The fraction of sp³-hybridized carbons (Fsp3) is 0.467. The van der Waals surface area contributed by atoms with Crippen molar-refractivity contribution >= 4 is 11.9 Å². The molecule has 110 valence electrons. The van der Waals surface area contributed by atoms with Crippen LogP contribution in [0.25, 0.3) is 0 Å². The minimum Gasteiger partial charge on any atom is -0.338 e. The Morgan fingerprint density at radius 3 is 2.40 bits per heavy atom. The Balaban J connectivity index is 2.37. The summed E-state index contributed by atoms with van der Waals surface area (Å²) in [6, 6.07) is 9.23. The van der Waals surface area contributed by atoms with Gasteiger partial charge in [0.2, 0.25) is 5.91 Å². The van der Waals surface area contributed by atoms with E-state index < -0.39 is 12.1 Å². The van der Waals surface area contributed by atoms with E-state index in [1.165, 1.54) is 5.56 Å². The molecule has 1 rings (SSSR count). The van der Waals surface area contributed by atoms with Gasteiger partial charge in [-0.05, 0) is 25.3 Å². The molecule has 2 atom stereocenters. The monoisotopic (exact) mass is 277 g/mol. The first kappa shape index (κ1) is 16.2. The third-order valence-corrected chi connectivity index (χ3v) is 3.07. The topological polar surface area (TPSA) is 70.2 Å². The van der Waals surface area contributed by atoms with Crippen LogP contribution in [0, 0.1) is 0 Å². The molecule has 0 radical (unpaired) electrons. The van der Waals surface area contributed by atoms with Gasteiger partial charge in [-0.2, -0.15) is 0 Å². The Morgan fingerprint density at radius 1 is 1.15 bits per heavy atom. The summed E-state index contributed by atoms with van der Waals surface area (Å²) >= 11 is 0. The summed E-state index contributed by atoms with van der Waals surface area (Å²) in [7, 11) is 0. The van der Waals surface area contributed by atoms with E-state index in [-0.39, 0.29) is 5.91 Å². The molecule has 20 heavy (non-hydrogen) atoms. The number of carbonyl (C=O) groups excluding carboxylic acids is 2. The molecule has 0 bridgehead atoms. The van der Waals surface area contributed by atoms with Gasteiger partial charge < -0.3 is 10.6 Å². The van der Waals surface area contributed by atoms with Gasteiger partial charge in [-0.25, -0.2) is 4.79 Å². The Hall–Kier alpha value is -1.88. The van der Waals surface area contributed by atoms with E-state index in [1.807, 2.05) is 18.2 Å². The second-order valence-corrected chi connectivity index (χ2v) is 4.79. The highest BCUT2D eigenvalue weighted by atomic mass is 16.2. The maximum atomic E-state index is 11.7. The number of carbonyl (C=O) groups is 2. The third kappa shape index (κ3) is 5.40. The van der Waals surface area contributed by atoms with E-state index in [9.17, 15) is 9.59 Å². The minimum absolute atomic E-state index is 0.302. The van der Waals surface area contributed by atoms with E-state index in [1.54, 1.807) is 13.8 Å². The summed E-state index contributed by atoms with van der Waals surface area (Å²) in [5.74, 6) is -0.0212. The summed E-state index contributed by atoms with van der Waals surface area (Å²) in [4.78, 5) is 23.0. The highest BCUT2D eigenvalue weighted by molar-refractivity contribution is 5.96. The maximum absolute atomic E-state index is 11.7. The van der Waals surface area contributed by atoms with Gasteiger partial charge in [0.15, 0.2) is 0 Å². The Labute approximate surface area is 120 Å². The predicted octanol–water partition coefficient (Wildman–Crippen LogP) is 1.61. The molecule has 0 saturated heterocycles. The standard InChI is InChI=1S/C15H23N3O2/c1-4-16-15(20)18-14(19)12(3)17-10-11(2)13-8-6-5-7-9-13/h5-9,11-12,17H,4,10H2,1-3H3,(H2,16,18,19,20). The van der Waals surface area contributed by atoms with E-state index in [0.29, 0.717) is 19.0 Å². The Bertz CT molecular complexity index is 434. The summed E-state index contributed by atoms with van der Waals surface area (Å²) in [5, 5.41) is 7.95. The summed E-state index contributed by atoms with van der Waals surface area (Å²) in [6.45, 7) is 6.80. The second kappa shape index (κ2) is 8.32. The number of rotatable bonds is 6. The van der Waals surface area contributed by atoms with Gasteiger partial charge >= 0.3 is 6.03 Å². The van der Waals surface area contributed by atoms with E-state index >= 15 is 0 Å². The van der Waals surface area contributed by atoms with Crippen LogP contribution in [0.5, 0.6) is 0 Å². The molecule has 3 amide bonds. The quantitative estimate of drug-likeness (QED) is 0.740. The van der Waals surface area contributed by atoms with Crippen molar-refractivity contribution in [2.24, 2.45) is 0 Å². The van der Waals surface area contributed by atoms with Crippen molar-refractivity contribution in [2.45, 2.75) is 32.7 Å². The predicted molar refractivity (Wildman–Crippen MR) is 79.5 cm³/mol. The molecule has 0 heterocycles. The summed E-state index contributed by atoms with van der Waals surface area (Å²) in [5.41, 5.74) is 1.22. The molecule has 0 aliphatic carbocycles. The van der Waals surface area contributed by atoms with Crippen LogP contribution in [0.15, 0.2) is 30.3 Å². The molecule has 3 N–H and O–H groups in total. The first-order chi connectivity index (χ1) is 9.54. The van der Waals surface area contributed by atoms with Crippen LogP contribution in [0.1, 0.15) is 32.3 Å². The van der Waals surface area contributed by atoms with Crippen molar-refractivity contribution in [1.82, 2.24) is 16.0 Å². The summed E-state index contributed by atoms with van der Waals surface area (Å²) < 4.78 is 0. The van der Waals surface area contributed by atoms with Crippen LogP contribution < -0.4 is 16.0 Å².